The summed E-state index contributed by atoms with van der Waals surface area (Å²) in [5, 5.41) is 13.6. The van der Waals surface area contributed by atoms with E-state index < -0.39 is 0 Å². The molecule has 0 saturated heterocycles. The molecule has 5 saturated carbocycles. The van der Waals surface area contributed by atoms with Crippen LogP contribution in [0, 0.1) is 56.7 Å². The molecule has 4 heteroatoms. The van der Waals surface area contributed by atoms with E-state index in [1.54, 1.807) is 6.92 Å². The van der Waals surface area contributed by atoms with Crippen LogP contribution in [0.1, 0.15) is 113 Å². The number of oxime groups is 1. The predicted octanol–water partition coefficient (Wildman–Crippen LogP) is 8.04. The van der Waals surface area contributed by atoms with E-state index in [2.05, 4.69) is 53.3 Å². The number of hydrogen-bond acceptors (Lipinski definition) is 4. The van der Waals surface area contributed by atoms with Gasteiger partial charge in [-0.15, -0.1) is 0 Å². The summed E-state index contributed by atoms with van der Waals surface area (Å²) in [6, 6.07) is 0. The summed E-state index contributed by atoms with van der Waals surface area (Å²) in [5.41, 5.74) is 3.32. The van der Waals surface area contributed by atoms with Gasteiger partial charge in [0, 0.05) is 17.8 Å². The van der Waals surface area contributed by atoms with Crippen LogP contribution in [0.15, 0.2) is 17.3 Å². The molecule has 5 rings (SSSR count). The average molecular weight is 498 g/mol. The van der Waals surface area contributed by atoms with Crippen molar-refractivity contribution in [1.29, 1.82) is 0 Å². The molecule has 5 aliphatic carbocycles. The van der Waals surface area contributed by atoms with Crippen molar-refractivity contribution in [2.75, 3.05) is 6.61 Å². The van der Waals surface area contributed by atoms with Gasteiger partial charge in [-0.2, -0.15) is 0 Å². The molecule has 9 atom stereocenters. The summed E-state index contributed by atoms with van der Waals surface area (Å²) in [4.78, 5) is 11.9. The Morgan fingerprint density at radius 3 is 2.31 bits per heavy atom. The summed E-state index contributed by atoms with van der Waals surface area (Å²) < 4.78 is 5.79. The second-order valence-corrected chi connectivity index (χ2v) is 15.1. The van der Waals surface area contributed by atoms with Gasteiger partial charge in [0.25, 0.3) is 0 Å². The van der Waals surface area contributed by atoms with Gasteiger partial charge in [-0.3, -0.25) is 4.79 Å². The Bertz CT molecular complexity index is 968. The summed E-state index contributed by atoms with van der Waals surface area (Å²) >= 11 is 0. The third kappa shape index (κ3) is 3.30. The zero-order chi connectivity index (χ0) is 26.3. The van der Waals surface area contributed by atoms with E-state index in [0.29, 0.717) is 47.0 Å². The molecule has 36 heavy (non-hydrogen) atoms. The lowest BCUT2D eigenvalue weighted by Gasteiger charge is -2.72. The smallest absolute Gasteiger partial charge is 0.302 e. The first-order valence-electron chi connectivity index (χ1n) is 14.8. The van der Waals surface area contributed by atoms with Crippen molar-refractivity contribution in [2.24, 2.45) is 61.8 Å². The highest BCUT2D eigenvalue weighted by Crippen LogP contribution is 2.77. The monoisotopic (exact) mass is 497 g/mol. The lowest BCUT2D eigenvalue weighted by Crippen LogP contribution is -2.66. The third-order valence-corrected chi connectivity index (χ3v) is 13.7. The largest absolute Gasteiger partial charge is 0.465 e. The number of rotatable bonds is 3. The molecule has 1 N–H and O–H groups in total. The van der Waals surface area contributed by atoms with Gasteiger partial charge in [-0.25, -0.2) is 0 Å². The Balaban J connectivity index is 1.53. The van der Waals surface area contributed by atoms with Crippen molar-refractivity contribution in [1.82, 2.24) is 0 Å². The average Bonchev–Trinajstić information content (AvgIpc) is 3.18. The molecule has 4 nitrogen and oxygen atoms in total. The van der Waals surface area contributed by atoms with Crippen LogP contribution in [-0.2, 0) is 9.53 Å². The molecule has 0 heterocycles. The number of allylic oxidation sites excluding steroid dienone is 1. The number of ether oxygens (including phenoxy) is 1. The maximum atomic E-state index is 11.9. The molecule has 2 unspecified atom stereocenters. The van der Waals surface area contributed by atoms with Crippen molar-refractivity contribution in [3.05, 3.63) is 12.2 Å². The third-order valence-electron chi connectivity index (χ3n) is 13.7. The number of carbonyl (C=O) groups excluding carboxylic acids is 1. The van der Waals surface area contributed by atoms with E-state index in [4.69, 9.17) is 4.74 Å². The molecule has 0 radical (unpaired) electrons. The van der Waals surface area contributed by atoms with Gasteiger partial charge in [0.1, 0.15) is 0 Å². The molecule has 0 aromatic heterocycles. The fraction of sp³-hybridized carbons (Fsp3) is 0.875. The van der Waals surface area contributed by atoms with E-state index in [9.17, 15) is 10.0 Å². The Kier molecular flexibility index (Phi) is 6.09. The normalized spacial score (nSPS) is 50.4. The Morgan fingerprint density at radius 2 is 1.67 bits per heavy atom. The Labute approximate surface area is 219 Å². The topological polar surface area (TPSA) is 58.9 Å². The first-order chi connectivity index (χ1) is 16.8. The van der Waals surface area contributed by atoms with Gasteiger partial charge in [-0.05, 0) is 117 Å². The van der Waals surface area contributed by atoms with Gasteiger partial charge < -0.3 is 9.94 Å². The number of carbonyl (C=O) groups is 1. The second-order valence-electron chi connectivity index (χ2n) is 15.1. The molecular formula is C32H51NO3. The predicted molar refractivity (Wildman–Crippen MR) is 145 cm³/mol. The highest BCUT2D eigenvalue weighted by molar-refractivity contribution is 5.90. The first-order valence-corrected chi connectivity index (χ1v) is 14.8. The number of esters is 1. The minimum atomic E-state index is -0.136. The maximum absolute atomic E-state index is 11.9. The van der Waals surface area contributed by atoms with Crippen LogP contribution in [0.3, 0.4) is 0 Å². The quantitative estimate of drug-likeness (QED) is 0.186. The van der Waals surface area contributed by atoms with Crippen molar-refractivity contribution in [2.45, 2.75) is 113 Å². The van der Waals surface area contributed by atoms with Gasteiger partial charge in [0.2, 0.25) is 0 Å². The van der Waals surface area contributed by atoms with E-state index in [0.717, 1.165) is 18.6 Å². The van der Waals surface area contributed by atoms with Crippen molar-refractivity contribution >= 4 is 11.7 Å². The van der Waals surface area contributed by atoms with Gasteiger partial charge in [0.05, 0.1) is 12.3 Å². The molecule has 5 fully saturated rings. The maximum Gasteiger partial charge on any atom is 0.302 e. The van der Waals surface area contributed by atoms with Gasteiger partial charge in [-0.1, -0.05) is 51.9 Å². The lowest BCUT2D eigenvalue weighted by atomic mass is 9.32. The summed E-state index contributed by atoms with van der Waals surface area (Å²) in [5.74, 6) is 2.93. The van der Waals surface area contributed by atoms with Crippen LogP contribution >= 0.6 is 0 Å². The van der Waals surface area contributed by atoms with Crippen molar-refractivity contribution in [3.8, 4) is 0 Å². The molecule has 0 bridgehead atoms. The molecule has 0 aromatic rings. The minimum absolute atomic E-state index is 0.0386. The van der Waals surface area contributed by atoms with Crippen LogP contribution in [0.4, 0.5) is 0 Å². The minimum Gasteiger partial charge on any atom is -0.465 e. The molecule has 0 spiro atoms. The molecule has 0 amide bonds. The van der Waals surface area contributed by atoms with E-state index in [1.165, 1.54) is 56.9 Å². The van der Waals surface area contributed by atoms with Crippen LogP contribution < -0.4 is 0 Å². The fourth-order valence-corrected chi connectivity index (χ4v) is 11.8. The number of fused-ring (bicyclic) bond motifs is 7. The van der Waals surface area contributed by atoms with Gasteiger partial charge >= 0.3 is 5.97 Å². The Morgan fingerprint density at radius 1 is 0.944 bits per heavy atom. The van der Waals surface area contributed by atoms with Crippen LogP contribution in [0.25, 0.3) is 0 Å². The van der Waals surface area contributed by atoms with E-state index >= 15 is 0 Å². The molecule has 0 aliphatic heterocycles. The standard InChI is InChI=1S/C32H51NO3/c1-20(2)22-11-16-32(19-36-21(3)34)18-17-30(7)23(27(22)32)9-10-25-29(6)14-13-26(33-35)28(4,5)24(29)12-15-31(25,30)8/h22-25,27,35H,1,9-19H2,2-8H3/t22-,23+,24?,25+,27?,29-,30+,31+,32+/m0/s1. The van der Waals surface area contributed by atoms with Crippen molar-refractivity contribution in [3.63, 3.8) is 0 Å². The summed E-state index contributed by atoms with van der Waals surface area (Å²) in [6.45, 7) is 21.5. The molecule has 5 aliphatic rings. The van der Waals surface area contributed by atoms with Crippen LogP contribution in [0.2, 0.25) is 0 Å². The van der Waals surface area contributed by atoms with Crippen LogP contribution in [0.5, 0.6) is 0 Å². The molecule has 0 aromatic carbocycles. The Hall–Kier alpha value is -1.32. The van der Waals surface area contributed by atoms with Crippen molar-refractivity contribution < 1.29 is 14.7 Å². The van der Waals surface area contributed by atoms with E-state index in [1.807, 2.05) is 0 Å². The number of hydrogen-bond donors (Lipinski definition) is 1. The summed E-state index contributed by atoms with van der Waals surface area (Å²) in [7, 11) is 0. The van der Waals surface area contributed by atoms with Gasteiger partial charge in [0.15, 0.2) is 0 Å². The fourth-order valence-electron chi connectivity index (χ4n) is 11.8. The lowest BCUT2D eigenvalue weighted by molar-refractivity contribution is -0.231. The van der Waals surface area contributed by atoms with Crippen LogP contribution in [-0.4, -0.2) is 23.5 Å². The summed E-state index contributed by atoms with van der Waals surface area (Å²) in [6.07, 6.45) is 12.0. The molecular weight excluding hydrogens is 446 g/mol. The zero-order valence-corrected chi connectivity index (χ0v) is 24.1. The molecule has 202 valence electrons. The van der Waals surface area contributed by atoms with E-state index in [-0.39, 0.29) is 22.2 Å². The highest BCUT2D eigenvalue weighted by atomic mass is 16.5. The zero-order valence-electron chi connectivity index (χ0n) is 24.1. The SMILES string of the molecule is C=C(C)[C@@H]1CC[C@]2(COC(C)=O)CC[C@]3(C)[C@H](CC[C@@H]4[C@@]5(C)CCC(=NO)C(C)(C)C5CC[C@]43C)C12. The number of nitrogens with zero attached hydrogens (tertiary/aromatic N) is 1. The first kappa shape index (κ1) is 26.3. The second kappa shape index (κ2) is 8.34. The highest BCUT2D eigenvalue weighted by Gasteiger charge is 2.70.